The molecule has 2 aliphatic heterocycles. The highest BCUT2D eigenvalue weighted by atomic mass is 32.2. The predicted octanol–water partition coefficient (Wildman–Crippen LogP) is 5.59. The Balaban J connectivity index is 1.89. The molecule has 1 amide bonds. The second-order valence-corrected chi connectivity index (χ2v) is 9.94. The van der Waals surface area contributed by atoms with Gasteiger partial charge < -0.3 is 10.4 Å². The van der Waals surface area contributed by atoms with Gasteiger partial charge in [-0.05, 0) is 68.8 Å². The highest BCUT2D eigenvalue weighted by Gasteiger charge is 2.39. The minimum absolute atomic E-state index is 0.0371. The lowest BCUT2D eigenvalue weighted by atomic mass is 9.98. The maximum Gasteiger partial charge on any atom is 0.416 e. The van der Waals surface area contributed by atoms with Crippen molar-refractivity contribution in [1.82, 2.24) is 10.2 Å². The number of nitrogens with one attached hydrogen (secondary N) is 1. The molecular formula is C22H25F6N3O2S. The molecule has 188 valence electrons. The summed E-state index contributed by atoms with van der Waals surface area (Å²) in [5, 5.41) is 12.1. The van der Waals surface area contributed by atoms with E-state index in [2.05, 4.69) is 10.3 Å². The van der Waals surface area contributed by atoms with Gasteiger partial charge in [-0.15, -0.1) is 0 Å². The van der Waals surface area contributed by atoms with Crippen molar-refractivity contribution in [2.75, 3.05) is 13.1 Å². The standard InChI is InChI=1S/C22H25F6N3O2S/c1-20(2,33)12-29-18-17(34-19(32)30-18)10-15-5-3-4-8-31(15)11-13-6-7-14(21(23,24)25)9-16(13)22(26,27)28/h6-7,9-10,15,33H,3-5,8,11-12H2,1-2H3,(H,29,30,32). The van der Waals surface area contributed by atoms with Crippen molar-refractivity contribution in [3.05, 3.63) is 45.9 Å². The topological polar surface area (TPSA) is 64.9 Å². The number of carbonyl (C=O) groups is 1. The highest BCUT2D eigenvalue weighted by molar-refractivity contribution is 8.18. The van der Waals surface area contributed by atoms with Gasteiger partial charge in [0.05, 0.1) is 28.2 Å². The number of carbonyl (C=O) groups excluding carboxylic acids is 1. The summed E-state index contributed by atoms with van der Waals surface area (Å²) >= 11 is 0.905. The van der Waals surface area contributed by atoms with Crippen LogP contribution in [0.1, 0.15) is 49.8 Å². The van der Waals surface area contributed by atoms with Crippen LogP contribution in [0.25, 0.3) is 0 Å². The second-order valence-electron chi connectivity index (χ2n) is 8.92. The fourth-order valence-corrected chi connectivity index (χ4v) is 4.57. The molecule has 1 aromatic carbocycles. The van der Waals surface area contributed by atoms with E-state index in [9.17, 15) is 36.2 Å². The first-order valence-electron chi connectivity index (χ1n) is 10.6. The Labute approximate surface area is 197 Å². The number of likely N-dealkylation sites (tertiary alicyclic amines) is 1. The molecule has 2 N–H and O–H groups in total. The fraction of sp³-hybridized carbons (Fsp3) is 0.545. The molecule has 0 spiro atoms. The van der Waals surface area contributed by atoms with E-state index in [0.29, 0.717) is 23.9 Å². The summed E-state index contributed by atoms with van der Waals surface area (Å²) in [7, 11) is 0. The van der Waals surface area contributed by atoms with Crippen molar-refractivity contribution in [3.63, 3.8) is 0 Å². The Morgan fingerprint density at radius 3 is 2.50 bits per heavy atom. The Bertz CT molecular complexity index is 982. The number of alkyl halides is 6. The van der Waals surface area contributed by atoms with Gasteiger partial charge in [-0.3, -0.25) is 14.7 Å². The lowest BCUT2D eigenvalue weighted by molar-refractivity contribution is -0.143. The third kappa shape index (κ3) is 6.98. The van der Waals surface area contributed by atoms with Crippen LogP contribution < -0.4 is 5.32 Å². The Morgan fingerprint density at radius 2 is 1.88 bits per heavy atom. The molecular weight excluding hydrogens is 484 g/mol. The normalized spacial score (nSPS) is 23.1. The zero-order valence-electron chi connectivity index (χ0n) is 18.6. The Morgan fingerprint density at radius 1 is 1.18 bits per heavy atom. The highest BCUT2D eigenvalue weighted by Crippen LogP contribution is 2.38. The van der Waals surface area contributed by atoms with Gasteiger partial charge in [-0.2, -0.15) is 26.3 Å². The van der Waals surface area contributed by atoms with Crippen LogP contribution in [0.5, 0.6) is 0 Å². The number of aliphatic hydroxyl groups is 1. The molecule has 0 bridgehead atoms. The minimum Gasteiger partial charge on any atom is -0.389 e. The lowest BCUT2D eigenvalue weighted by Gasteiger charge is -2.35. The number of halogens is 6. The van der Waals surface area contributed by atoms with Gasteiger partial charge in [0.1, 0.15) is 5.84 Å². The number of piperidine rings is 1. The monoisotopic (exact) mass is 509 g/mol. The number of rotatable bonds is 5. The zero-order valence-corrected chi connectivity index (χ0v) is 19.4. The zero-order chi connectivity index (χ0) is 25.3. The number of benzene rings is 1. The molecule has 5 nitrogen and oxygen atoms in total. The predicted molar refractivity (Wildman–Crippen MR) is 117 cm³/mol. The van der Waals surface area contributed by atoms with Gasteiger partial charge in [-0.25, -0.2) is 0 Å². The van der Waals surface area contributed by atoms with Crippen LogP contribution in [0.2, 0.25) is 0 Å². The minimum atomic E-state index is -4.94. The summed E-state index contributed by atoms with van der Waals surface area (Å²) in [6.07, 6.45) is -5.91. The van der Waals surface area contributed by atoms with E-state index < -0.39 is 29.1 Å². The van der Waals surface area contributed by atoms with Crippen LogP contribution >= 0.6 is 11.8 Å². The Kier molecular flexibility index (Phi) is 7.73. The van der Waals surface area contributed by atoms with E-state index in [-0.39, 0.29) is 41.8 Å². The van der Waals surface area contributed by atoms with Gasteiger partial charge in [0.25, 0.3) is 5.24 Å². The van der Waals surface area contributed by atoms with Crippen molar-refractivity contribution in [2.45, 2.75) is 63.7 Å². The SMILES string of the molecule is CC(C)(O)CN=C1NC(=O)SC1=CC1CCCCN1Cc1ccc(C(F)(F)F)cc1C(F)(F)F. The molecule has 0 aromatic heterocycles. The van der Waals surface area contributed by atoms with E-state index in [4.69, 9.17) is 0 Å². The maximum absolute atomic E-state index is 13.6. The van der Waals surface area contributed by atoms with Crippen molar-refractivity contribution in [3.8, 4) is 0 Å². The largest absolute Gasteiger partial charge is 0.416 e. The van der Waals surface area contributed by atoms with Crippen LogP contribution in [0.15, 0.2) is 34.2 Å². The van der Waals surface area contributed by atoms with Crippen molar-refractivity contribution < 1.29 is 36.2 Å². The van der Waals surface area contributed by atoms with Gasteiger partial charge in [0, 0.05) is 12.6 Å². The van der Waals surface area contributed by atoms with Crippen LogP contribution in [-0.4, -0.2) is 45.8 Å². The number of amides is 1. The lowest BCUT2D eigenvalue weighted by Crippen LogP contribution is -2.38. The van der Waals surface area contributed by atoms with E-state index in [1.807, 2.05) is 0 Å². The average molecular weight is 510 g/mol. The first-order valence-corrected chi connectivity index (χ1v) is 11.4. The summed E-state index contributed by atoms with van der Waals surface area (Å²) in [6.45, 7) is 3.43. The molecule has 0 radical (unpaired) electrons. The maximum atomic E-state index is 13.6. The van der Waals surface area contributed by atoms with Crippen molar-refractivity contribution >= 4 is 22.8 Å². The van der Waals surface area contributed by atoms with Gasteiger partial charge >= 0.3 is 12.4 Å². The molecule has 0 aliphatic carbocycles. The van der Waals surface area contributed by atoms with E-state index >= 15 is 0 Å². The van der Waals surface area contributed by atoms with Crippen LogP contribution in [-0.2, 0) is 18.9 Å². The summed E-state index contributed by atoms with van der Waals surface area (Å²) in [6, 6.07) is 1.37. The summed E-state index contributed by atoms with van der Waals surface area (Å²) in [5.41, 5.74) is -3.99. The van der Waals surface area contributed by atoms with Gasteiger partial charge in [0.15, 0.2) is 0 Å². The van der Waals surface area contributed by atoms with Crippen molar-refractivity contribution in [2.24, 2.45) is 4.99 Å². The smallest absolute Gasteiger partial charge is 0.389 e. The molecule has 1 unspecified atom stereocenters. The molecule has 2 heterocycles. The first kappa shape index (κ1) is 26.6. The molecule has 34 heavy (non-hydrogen) atoms. The van der Waals surface area contributed by atoms with Crippen LogP contribution in [0.4, 0.5) is 31.1 Å². The summed E-state index contributed by atoms with van der Waals surface area (Å²) in [5.74, 6) is 0.285. The van der Waals surface area contributed by atoms with Crippen LogP contribution in [0, 0.1) is 0 Å². The number of hydrogen-bond acceptors (Lipinski definition) is 5. The molecule has 1 aromatic rings. The Hall–Kier alpha value is -2.05. The molecule has 0 saturated carbocycles. The quantitative estimate of drug-likeness (QED) is 0.508. The molecule has 2 fully saturated rings. The van der Waals surface area contributed by atoms with E-state index in [0.717, 1.165) is 30.7 Å². The molecule has 2 saturated heterocycles. The number of thioether (sulfide) groups is 1. The third-order valence-corrected chi connectivity index (χ3v) is 6.24. The van der Waals surface area contributed by atoms with E-state index in [1.165, 1.54) is 0 Å². The van der Waals surface area contributed by atoms with Crippen molar-refractivity contribution in [1.29, 1.82) is 0 Å². The van der Waals surface area contributed by atoms with E-state index in [1.54, 1.807) is 24.8 Å². The van der Waals surface area contributed by atoms with Crippen LogP contribution in [0.3, 0.4) is 0 Å². The number of aliphatic imine (C=N–C) groups is 1. The molecule has 2 aliphatic rings. The number of nitrogens with zero attached hydrogens (tertiary/aromatic N) is 2. The summed E-state index contributed by atoms with van der Waals surface area (Å²) < 4.78 is 79.7. The van der Waals surface area contributed by atoms with Gasteiger partial charge in [-0.1, -0.05) is 12.5 Å². The number of hydrogen-bond donors (Lipinski definition) is 2. The summed E-state index contributed by atoms with van der Waals surface area (Å²) in [4.78, 5) is 18.4. The molecule has 12 heteroatoms. The first-order chi connectivity index (χ1) is 15.6. The molecule has 3 rings (SSSR count). The third-order valence-electron chi connectivity index (χ3n) is 5.40. The van der Waals surface area contributed by atoms with Gasteiger partial charge in [0.2, 0.25) is 0 Å². The fourth-order valence-electron chi connectivity index (χ4n) is 3.78. The molecule has 1 atom stereocenters. The number of amidine groups is 1. The second kappa shape index (κ2) is 9.90. The average Bonchev–Trinajstić information content (AvgIpc) is 3.05.